The number of hydrogen-bond donors (Lipinski definition) is 0. The van der Waals surface area contributed by atoms with E-state index in [0.29, 0.717) is 15.7 Å². The second-order valence-corrected chi connectivity index (χ2v) is 9.31. The molecule has 0 aliphatic heterocycles. The summed E-state index contributed by atoms with van der Waals surface area (Å²) in [5.41, 5.74) is 2.12. The van der Waals surface area contributed by atoms with Crippen LogP contribution < -0.4 is 0 Å². The predicted molar refractivity (Wildman–Crippen MR) is 91.0 cm³/mol. The Hall–Kier alpha value is -0.0200. The molecule has 20 heavy (non-hydrogen) atoms. The molecule has 0 amide bonds. The van der Waals surface area contributed by atoms with Crippen molar-refractivity contribution in [2.24, 2.45) is 28.6 Å². The fourth-order valence-corrected chi connectivity index (χ4v) is 6.09. The van der Waals surface area contributed by atoms with Gasteiger partial charge in [-0.2, -0.15) is 0 Å². The minimum Gasteiger partial charge on any atom is -0.475 e. The molecular formula is C17H26OS2. The average molecular weight is 311 g/mol. The lowest BCUT2D eigenvalue weighted by atomic mass is 9.68. The molecule has 3 rings (SSSR count). The second kappa shape index (κ2) is 4.74. The lowest BCUT2D eigenvalue weighted by Gasteiger charge is -2.38. The van der Waals surface area contributed by atoms with Crippen molar-refractivity contribution in [1.82, 2.24) is 0 Å². The van der Waals surface area contributed by atoms with E-state index < -0.39 is 0 Å². The standard InChI is InChI=1S/C17H26OS2/c1-10-6-7-11-8-17(4)9-12(18-15(19)20-5)16(2,3)14(17)13(10)11/h11-14H,1,6-9H2,2-5H3/t11-,12+,13-,14-,17+/m0/s1. The molecule has 3 aliphatic carbocycles. The third kappa shape index (κ3) is 1.99. The molecule has 0 saturated heterocycles. The Morgan fingerprint density at radius 1 is 1.35 bits per heavy atom. The zero-order valence-corrected chi connectivity index (χ0v) is 14.7. The summed E-state index contributed by atoms with van der Waals surface area (Å²) in [5.74, 6) is 2.32. The Labute approximate surface area is 132 Å². The first kappa shape index (κ1) is 14.9. The Morgan fingerprint density at radius 2 is 2.05 bits per heavy atom. The third-order valence-corrected chi connectivity index (χ3v) is 7.37. The maximum Gasteiger partial charge on any atom is 0.219 e. The first-order chi connectivity index (χ1) is 9.29. The van der Waals surface area contributed by atoms with E-state index in [1.807, 2.05) is 6.26 Å². The molecule has 0 aromatic rings. The molecule has 0 unspecified atom stereocenters. The summed E-state index contributed by atoms with van der Waals surface area (Å²) in [6.45, 7) is 11.7. The summed E-state index contributed by atoms with van der Waals surface area (Å²) < 4.78 is 6.83. The van der Waals surface area contributed by atoms with Crippen LogP contribution in [0.15, 0.2) is 12.2 Å². The summed E-state index contributed by atoms with van der Waals surface area (Å²) in [5, 5.41) is 0. The smallest absolute Gasteiger partial charge is 0.219 e. The van der Waals surface area contributed by atoms with Crippen LogP contribution in [0.1, 0.15) is 46.5 Å². The normalized spacial score (nSPS) is 45.3. The zero-order chi connectivity index (χ0) is 14.7. The maximum atomic E-state index is 6.13. The number of hydrogen-bond acceptors (Lipinski definition) is 3. The van der Waals surface area contributed by atoms with Gasteiger partial charge in [0.15, 0.2) is 0 Å². The van der Waals surface area contributed by atoms with Gasteiger partial charge in [0, 0.05) is 5.41 Å². The molecule has 0 aromatic carbocycles. The average Bonchev–Trinajstić information content (AvgIpc) is 2.90. The number of thiocarbonyl (C=S) groups is 1. The Balaban J connectivity index is 1.90. The number of thioether (sulfide) groups is 1. The van der Waals surface area contributed by atoms with Crippen molar-refractivity contribution in [1.29, 1.82) is 0 Å². The first-order valence-corrected chi connectivity index (χ1v) is 9.35. The van der Waals surface area contributed by atoms with Crippen LogP contribution >= 0.6 is 24.0 Å². The minimum atomic E-state index is 0.196. The van der Waals surface area contributed by atoms with Gasteiger partial charge < -0.3 is 4.74 Å². The van der Waals surface area contributed by atoms with Gasteiger partial charge in [-0.1, -0.05) is 44.7 Å². The van der Waals surface area contributed by atoms with E-state index in [2.05, 4.69) is 27.4 Å². The van der Waals surface area contributed by atoms with Gasteiger partial charge in [0.25, 0.3) is 0 Å². The van der Waals surface area contributed by atoms with Crippen LogP contribution in [0.5, 0.6) is 0 Å². The van der Waals surface area contributed by atoms with E-state index in [-0.39, 0.29) is 11.5 Å². The van der Waals surface area contributed by atoms with Crippen LogP contribution in [0.4, 0.5) is 0 Å². The Kier molecular flexibility index (Phi) is 3.53. The topological polar surface area (TPSA) is 9.23 Å². The number of fused-ring (bicyclic) bond motifs is 3. The van der Waals surface area contributed by atoms with E-state index >= 15 is 0 Å². The molecule has 3 heteroatoms. The van der Waals surface area contributed by atoms with E-state index in [1.54, 1.807) is 11.8 Å². The van der Waals surface area contributed by atoms with Crippen LogP contribution in [-0.4, -0.2) is 16.7 Å². The number of rotatable bonds is 1. The highest BCUT2D eigenvalue weighted by Gasteiger charge is 2.65. The lowest BCUT2D eigenvalue weighted by molar-refractivity contribution is 0.0535. The Morgan fingerprint density at radius 3 is 2.70 bits per heavy atom. The first-order valence-electron chi connectivity index (χ1n) is 7.72. The van der Waals surface area contributed by atoms with Crippen LogP contribution in [0.3, 0.4) is 0 Å². The second-order valence-electron chi connectivity index (χ2n) is 7.90. The van der Waals surface area contributed by atoms with Crippen molar-refractivity contribution >= 4 is 28.4 Å². The van der Waals surface area contributed by atoms with Gasteiger partial charge in [-0.05, 0) is 67.3 Å². The van der Waals surface area contributed by atoms with Crippen molar-refractivity contribution < 1.29 is 4.74 Å². The van der Waals surface area contributed by atoms with Gasteiger partial charge in [-0.25, -0.2) is 0 Å². The van der Waals surface area contributed by atoms with Crippen molar-refractivity contribution in [2.45, 2.75) is 52.6 Å². The van der Waals surface area contributed by atoms with Crippen LogP contribution in [0.25, 0.3) is 0 Å². The van der Waals surface area contributed by atoms with Crippen molar-refractivity contribution in [3.8, 4) is 0 Å². The van der Waals surface area contributed by atoms with Crippen molar-refractivity contribution in [3.05, 3.63) is 12.2 Å². The van der Waals surface area contributed by atoms with Gasteiger partial charge in [0.05, 0.1) is 0 Å². The molecule has 0 spiro atoms. The highest BCUT2D eigenvalue weighted by molar-refractivity contribution is 8.22. The highest BCUT2D eigenvalue weighted by Crippen LogP contribution is 2.70. The quantitative estimate of drug-likeness (QED) is 0.495. The minimum absolute atomic E-state index is 0.196. The fraction of sp³-hybridized carbons (Fsp3) is 0.824. The van der Waals surface area contributed by atoms with Crippen LogP contribution in [0.2, 0.25) is 0 Å². The lowest BCUT2D eigenvalue weighted by Crippen LogP contribution is -2.36. The van der Waals surface area contributed by atoms with Crippen LogP contribution in [0, 0.1) is 28.6 Å². The van der Waals surface area contributed by atoms with Gasteiger partial charge >= 0.3 is 0 Å². The SMILES string of the molecule is C=C1CC[C@H]2C[C@]3(C)C[C@@H](OC(=S)SC)C(C)(C)[C@@H]3[C@@H]12. The fourth-order valence-electron chi connectivity index (χ4n) is 5.76. The van der Waals surface area contributed by atoms with Crippen LogP contribution in [-0.2, 0) is 4.74 Å². The summed E-state index contributed by atoms with van der Waals surface area (Å²) in [6, 6.07) is 0. The van der Waals surface area contributed by atoms with Crippen molar-refractivity contribution in [3.63, 3.8) is 0 Å². The molecule has 1 nitrogen and oxygen atoms in total. The largest absolute Gasteiger partial charge is 0.475 e. The molecule has 5 atom stereocenters. The zero-order valence-electron chi connectivity index (χ0n) is 13.1. The molecule has 0 bridgehead atoms. The molecule has 0 heterocycles. The molecule has 3 fully saturated rings. The van der Waals surface area contributed by atoms with Gasteiger partial charge in [-0.15, -0.1) is 0 Å². The molecule has 112 valence electrons. The highest BCUT2D eigenvalue weighted by atomic mass is 32.2. The summed E-state index contributed by atoms with van der Waals surface area (Å²) >= 11 is 6.85. The van der Waals surface area contributed by atoms with E-state index in [0.717, 1.165) is 18.3 Å². The van der Waals surface area contributed by atoms with E-state index in [4.69, 9.17) is 17.0 Å². The monoisotopic (exact) mass is 310 g/mol. The third-order valence-electron chi connectivity index (χ3n) is 6.34. The molecule has 0 N–H and O–H groups in total. The number of ether oxygens (including phenoxy) is 1. The molecule has 0 radical (unpaired) electrons. The summed E-state index contributed by atoms with van der Waals surface area (Å²) in [4.78, 5) is 0. The molecule has 3 saturated carbocycles. The Bertz CT molecular complexity index is 456. The summed E-state index contributed by atoms with van der Waals surface area (Å²) in [7, 11) is 0. The number of allylic oxidation sites excluding steroid dienone is 1. The maximum absolute atomic E-state index is 6.13. The summed E-state index contributed by atoms with van der Waals surface area (Å²) in [6.07, 6.45) is 7.39. The van der Waals surface area contributed by atoms with Crippen molar-refractivity contribution in [2.75, 3.05) is 6.26 Å². The molecular weight excluding hydrogens is 284 g/mol. The van der Waals surface area contributed by atoms with E-state index in [9.17, 15) is 0 Å². The molecule has 0 aromatic heterocycles. The van der Waals surface area contributed by atoms with Gasteiger partial charge in [0.1, 0.15) is 6.10 Å². The predicted octanol–water partition coefficient (Wildman–Crippen LogP) is 5.06. The molecule has 3 aliphatic rings. The van der Waals surface area contributed by atoms with Gasteiger partial charge in [-0.3, -0.25) is 0 Å². The van der Waals surface area contributed by atoms with Gasteiger partial charge in [0.2, 0.25) is 4.38 Å². The van der Waals surface area contributed by atoms with E-state index in [1.165, 1.54) is 24.8 Å².